The molecule has 2 heterocycles. The smallest absolute Gasteiger partial charge is 0.254 e. The Hall–Kier alpha value is -3.80. The fourth-order valence-electron chi connectivity index (χ4n) is 4.26. The first kappa shape index (κ1) is 27.2. The van der Waals surface area contributed by atoms with Crippen molar-refractivity contribution in [3.8, 4) is 6.07 Å². The molecule has 2 amide bonds. The van der Waals surface area contributed by atoms with Crippen LogP contribution in [0.25, 0.3) is 0 Å². The third-order valence-electron chi connectivity index (χ3n) is 6.32. The van der Waals surface area contributed by atoms with Gasteiger partial charge in [-0.05, 0) is 60.5 Å². The molecule has 0 aliphatic carbocycles. The van der Waals surface area contributed by atoms with Crippen LogP contribution in [0.3, 0.4) is 0 Å². The lowest BCUT2D eigenvalue weighted by atomic mass is 9.86. The molecule has 1 aromatic heterocycles. The Bertz CT molecular complexity index is 1430. The number of carbonyl (C=O) groups excluding carboxylic acids is 2. The standard InChI is InChI=1S/C30H30N4O2S2/c1-18(2)21-11-13-22(14-12-21)33-26(35)17-38-30-23(16-31)28(25-10-7-15-37-25)27(20(4)32-30)29(36)34-24-9-6-5-8-19(24)3/h5-15,18,28,32H,17H2,1-4H3,(H,33,35)(H,34,36)/t28-/m1/s1. The Morgan fingerprint density at radius 1 is 1.05 bits per heavy atom. The fourth-order valence-corrected chi connectivity index (χ4v) is 5.99. The van der Waals surface area contributed by atoms with Gasteiger partial charge in [-0.1, -0.05) is 62.0 Å². The highest BCUT2D eigenvalue weighted by molar-refractivity contribution is 8.03. The number of nitrogens with zero attached hydrogens (tertiary/aromatic N) is 1. The van der Waals surface area contributed by atoms with Crippen LogP contribution in [0, 0.1) is 18.3 Å². The summed E-state index contributed by atoms with van der Waals surface area (Å²) in [6.45, 7) is 8.02. The molecule has 3 N–H and O–H groups in total. The normalized spacial score (nSPS) is 15.2. The minimum absolute atomic E-state index is 0.120. The molecule has 0 saturated heterocycles. The lowest BCUT2D eigenvalue weighted by Crippen LogP contribution is -2.31. The molecule has 0 fully saturated rings. The van der Waals surface area contributed by atoms with E-state index in [-0.39, 0.29) is 17.6 Å². The molecule has 1 atom stereocenters. The lowest BCUT2D eigenvalue weighted by molar-refractivity contribution is -0.114. The summed E-state index contributed by atoms with van der Waals surface area (Å²) in [4.78, 5) is 27.2. The highest BCUT2D eigenvalue weighted by Gasteiger charge is 2.35. The van der Waals surface area contributed by atoms with Crippen LogP contribution in [0.5, 0.6) is 0 Å². The average Bonchev–Trinajstić information content (AvgIpc) is 3.43. The number of dihydropyridines is 1. The van der Waals surface area contributed by atoms with E-state index in [4.69, 9.17) is 0 Å². The Balaban J connectivity index is 1.55. The van der Waals surface area contributed by atoms with Crippen LogP contribution in [-0.4, -0.2) is 17.6 Å². The summed E-state index contributed by atoms with van der Waals surface area (Å²) < 4.78 is 0. The Morgan fingerprint density at radius 2 is 1.79 bits per heavy atom. The zero-order chi connectivity index (χ0) is 27.2. The van der Waals surface area contributed by atoms with Crippen LogP contribution < -0.4 is 16.0 Å². The van der Waals surface area contributed by atoms with E-state index in [9.17, 15) is 14.9 Å². The van der Waals surface area contributed by atoms with Crippen LogP contribution in [-0.2, 0) is 9.59 Å². The van der Waals surface area contributed by atoms with Gasteiger partial charge in [0.25, 0.3) is 5.91 Å². The van der Waals surface area contributed by atoms with Crippen molar-refractivity contribution in [3.63, 3.8) is 0 Å². The predicted molar refractivity (Wildman–Crippen MR) is 157 cm³/mol. The number of nitrogens with one attached hydrogen (secondary N) is 3. The third-order valence-corrected chi connectivity index (χ3v) is 8.28. The van der Waals surface area contributed by atoms with Crippen molar-refractivity contribution >= 4 is 46.3 Å². The third kappa shape index (κ3) is 6.18. The van der Waals surface area contributed by atoms with Gasteiger partial charge in [0.1, 0.15) is 0 Å². The quantitative estimate of drug-likeness (QED) is 0.288. The Labute approximate surface area is 231 Å². The second kappa shape index (κ2) is 12.2. The second-order valence-corrected chi connectivity index (χ2v) is 11.3. The number of thioether (sulfide) groups is 1. The number of benzene rings is 2. The first-order valence-electron chi connectivity index (χ1n) is 12.3. The monoisotopic (exact) mass is 542 g/mol. The molecule has 194 valence electrons. The van der Waals surface area contributed by atoms with Crippen molar-refractivity contribution in [2.45, 2.75) is 39.5 Å². The number of aryl methyl sites for hydroxylation is 1. The molecule has 0 radical (unpaired) electrons. The van der Waals surface area contributed by atoms with E-state index in [2.05, 4.69) is 35.9 Å². The second-order valence-electron chi connectivity index (χ2n) is 9.35. The maximum absolute atomic E-state index is 13.5. The first-order chi connectivity index (χ1) is 18.3. The molecule has 0 spiro atoms. The number of para-hydroxylation sites is 1. The molecule has 6 nitrogen and oxygen atoms in total. The minimum atomic E-state index is -0.528. The number of carbonyl (C=O) groups is 2. The highest BCUT2D eigenvalue weighted by atomic mass is 32.2. The number of rotatable bonds is 8. The largest absolute Gasteiger partial charge is 0.353 e. The average molecular weight is 543 g/mol. The van der Waals surface area contributed by atoms with Crippen LogP contribution in [0.1, 0.15) is 48.6 Å². The van der Waals surface area contributed by atoms with E-state index in [0.29, 0.717) is 27.8 Å². The van der Waals surface area contributed by atoms with Gasteiger partial charge in [-0.15, -0.1) is 11.3 Å². The number of nitriles is 1. The molecule has 1 aliphatic rings. The van der Waals surface area contributed by atoms with E-state index in [0.717, 1.165) is 21.8 Å². The summed E-state index contributed by atoms with van der Waals surface area (Å²) in [5, 5.41) is 21.9. The molecule has 4 rings (SSSR count). The zero-order valence-electron chi connectivity index (χ0n) is 21.8. The number of thiophene rings is 1. The van der Waals surface area contributed by atoms with E-state index >= 15 is 0 Å². The van der Waals surface area contributed by atoms with Gasteiger partial charge in [0, 0.05) is 27.5 Å². The number of hydrogen-bond acceptors (Lipinski definition) is 6. The maximum Gasteiger partial charge on any atom is 0.254 e. The summed E-state index contributed by atoms with van der Waals surface area (Å²) >= 11 is 2.76. The van der Waals surface area contributed by atoms with Gasteiger partial charge in [-0.3, -0.25) is 9.59 Å². The minimum Gasteiger partial charge on any atom is -0.353 e. The van der Waals surface area contributed by atoms with E-state index < -0.39 is 5.92 Å². The van der Waals surface area contributed by atoms with E-state index in [1.807, 2.05) is 79.9 Å². The van der Waals surface area contributed by atoms with Gasteiger partial charge < -0.3 is 16.0 Å². The molecule has 0 saturated carbocycles. The SMILES string of the molecule is CC1=C(C(=O)Nc2ccccc2C)[C@@H](c2cccs2)C(C#N)=C(SCC(=O)Nc2ccc(C(C)C)cc2)N1. The number of anilines is 2. The number of hydrogen-bond donors (Lipinski definition) is 3. The highest BCUT2D eigenvalue weighted by Crippen LogP contribution is 2.42. The van der Waals surface area contributed by atoms with Gasteiger partial charge in [-0.25, -0.2) is 0 Å². The van der Waals surface area contributed by atoms with Crippen LogP contribution in [0.2, 0.25) is 0 Å². The summed E-state index contributed by atoms with van der Waals surface area (Å²) in [7, 11) is 0. The van der Waals surface area contributed by atoms with E-state index in [1.165, 1.54) is 28.7 Å². The molecule has 8 heteroatoms. The van der Waals surface area contributed by atoms with Crippen molar-refractivity contribution < 1.29 is 9.59 Å². The molecule has 1 aliphatic heterocycles. The molecular formula is C30H30N4O2S2. The van der Waals surface area contributed by atoms with Gasteiger partial charge >= 0.3 is 0 Å². The fraction of sp³-hybridized carbons (Fsp3) is 0.233. The summed E-state index contributed by atoms with van der Waals surface area (Å²) in [6, 6.07) is 21.6. The van der Waals surface area contributed by atoms with Crippen LogP contribution in [0.4, 0.5) is 11.4 Å². The van der Waals surface area contributed by atoms with Crippen molar-refractivity contribution in [3.05, 3.63) is 104 Å². The van der Waals surface area contributed by atoms with Crippen molar-refractivity contribution in [1.29, 1.82) is 5.26 Å². The van der Waals surface area contributed by atoms with Gasteiger partial charge in [-0.2, -0.15) is 5.26 Å². The van der Waals surface area contributed by atoms with Gasteiger partial charge in [0.15, 0.2) is 0 Å². The van der Waals surface area contributed by atoms with Crippen molar-refractivity contribution in [2.75, 3.05) is 16.4 Å². The first-order valence-corrected chi connectivity index (χ1v) is 14.2. The summed E-state index contributed by atoms with van der Waals surface area (Å²) in [5.74, 6) is -0.424. The molecule has 38 heavy (non-hydrogen) atoms. The zero-order valence-corrected chi connectivity index (χ0v) is 23.4. The van der Waals surface area contributed by atoms with Crippen LogP contribution in [0.15, 0.2) is 87.9 Å². The van der Waals surface area contributed by atoms with Gasteiger partial charge in [0.2, 0.25) is 5.91 Å². The summed E-state index contributed by atoms with van der Waals surface area (Å²) in [6.07, 6.45) is 0. The number of amides is 2. The molecular weight excluding hydrogens is 512 g/mol. The topological polar surface area (TPSA) is 94.0 Å². The van der Waals surface area contributed by atoms with E-state index in [1.54, 1.807) is 0 Å². The van der Waals surface area contributed by atoms with Crippen molar-refractivity contribution in [2.24, 2.45) is 0 Å². The maximum atomic E-state index is 13.5. The number of allylic oxidation sites excluding steroid dienone is 2. The van der Waals surface area contributed by atoms with Gasteiger partial charge in [0.05, 0.1) is 28.3 Å². The lowest BCUT2D eigenvalue weighted by Gasteiger charge is -2.29. The molecule has 0 unspecified atom stereocenters. The predicted octanol–water partition coefficient (Wildman–Crippen LogP) is 6.89. The Kier molecular flexibility index (Phi) is 8.72. The molecule has 3 aromatic rings. The molecule has 0 bridgehead atoms. The summed E-state index contributed by atoms with van der Waals surface area (Å²) in [5.41, 5.74) is 5.18. The molecule has 2 aromatic carbocycles. The van der Waals surface area contributed by atoms with Crippen LogP contribution >= 0.6 is 23.1 Å². The van der Waals surface area contributed by atoms with Crippen molar-refractivity contribution in [1.82, 2.24) is 5.32 Å². The Morgan fingerprint density at radius 3 is 2.42 bits per heavy atom.